The highest BCUT2D eigenvalue weighted by molar-refractivity contribution is 8.13. The highest BCUT2D eigenvalue weighted by Gasteiger charge is 2.22. The van der Waals surface area contributed by atoms with Gasteiger partial charge in [0.05, 0.1) is 19.1 Å². The lowest BCUT2D eigenvalue weighted by Crippen LogP contribution is -2.32. The molecule has 2 N–H and O–H groups in total. The van der Waals surface area contributed by atoms with Crippen LogP contribution in [0.5, 0.6) is 0 Å². The zero-order valence-corrected chi connectivity index (χ0v) is 16.2. The molecule has 1 atom stereocenters. The number of amides is 1. The fourth-order valence-electron chi connectivity index (χ4n) is 2.67. The number of methoxy groups -OCH3 is 1. The van der Waals surface area contributed by atoms with E-state index in [9.17, 15) is 4.79 Å². The molecule has 28 heavy (non-hydrogen) atoms. The van der Waals surface area contributed by atoms with Crippen molar-refractivity contribution in [2.75, 3.05) is 7.11 Å². The second kappa shape index (κ2) is 9.75. The highest BCUT2D eigenvalue weighted by Crippen LogP contribution is 2.22. The van der Waals surface area contributed by atoms with Crippen LogP contribution in [0.2, 0.25) is 0 Å². The number of amidine groups is 1. The Kier molecular flexibility index (Phi) is 6.86. The Morgan fingerprint density at radius 1 is 1.29 bits per heavy atom. The Morgan fingerprint density at radius 2 is 2.11 bits per heavy atom. The van der Waals surface area contributed by atoms with E-state index in [4.69, 9.17) is 14.6 Å². The van der Waals surface area contributed by atoms with Crippen LogP contribution in [-0.4, -0.2) is 30.1 Å². The Morgan fingerprint density at radius 3 is 2.82 bits per heavy atom. The average Bonchev–Trinajstić information content (AvgIpc) is 3.22. The van der Waals surface area contributed by atoms with E-state index in [1.807, 2.05) is 54.6 Å². The van der Waals surface area contributed by atoms with E-state index < -0.39 is 12.1 Å². The molecule has 1 aliphatic carbocycles. The summed E-state index contributed by atoms with van der Waals surface area (Å²) in [6.45, 7) is 0. The number of ether oxygens (including phenoxy) is 1. The number of benzene rings is 1. The Labute approximate surface area is 167 Å². The summed E-state index contributed by atoms with van der Waals surface area (Å²) in [5, 5.41) is 11.4. The number of rotatable bonds is 5. The molecule has 0 saturated carbocycles. The summed E-state index contributed by atoms with van der Waals surface area (Å²) in [6.07, 6.45) is 7.05. The number of aliphatic imine (C=N–C) groups is 1. The summed E-state index contributed by atoms with van der Waals surface area (Å²) < 4.78 is 10.2. The lowest BCUT2D eigenvalue weighted by Gasteiger charge is -2.20. The SMILES string of the molecule is COC(=O)NC(=NC1C(=N)C=CC=C1Cc1ccco1)SCc1ccccc1. The van der Waals surface area contributed by atoms with Crippen LogP contribution in [0.3, 0.4) is 0 Å². The van der Waals surface area contributed by atoms with Crippen LogP contribution in [0, 0.1) is 5.41 Å². The number of furan rings is 1. The van der Waals surface area contributed by atoms with Crippen molar-refractivity contribution in [1.29, 1.82) is 5.41 Å². The first kappa shape index (κ1) is 19.7. The van der Waals surface area contributed by atoms with E-state index >= 15 is 0 Å². The highest BCUT2D eigenvalue weighted by atomic mass is 32.2. The molecule has 2 aromatic rings. The maximum absolute atomic E-state index is 11.8. The third-order valence-corrected chi connectivity index (χ3v) is 5.01. The van der Waals surface area contributed by atoms with Crippen molar-refractivity contribution in [2.24, 2.45) is 4.99 Å². The van der Waals surface area contributed by atoms with Crippen LogP contribution in [-0.2, 0) is 16.9 Å². The minimum atomic E-state index is -0.589. The van der Waals surface area contributed by atoms with E-state index in [0.29, 0.717) is 23.1 Å². The molecular formula is C21H21N3O3S. The molecule has 0 aliphatic heterocycles. The van der Waals surface area contributed by atoms with Gasteiger partial charge in [-0.3, -0.25) is 5.32 Å². The van der Waals surface area contributed by atoms with Crippen LogP contribution < -0.4 is 5.32 Å². The maximum Gasteiger partial charge on any atom is 0.412 e. The summed E-state index contributed by atoms with van der Waals surface area (Å²) in [4.78, 5) is 16.4. The van der Waals surface area contributed by atoms with Crippen molar-refractivity contribution in [2.45, 2.75) is 18.2 Å². The zero-order chi connectivity index (χ0) is 19.8. The number of alkyl carbamates (subject to hydrolysis) is 1. The van der Waals surface area contributed by atoms with Gasteiger partial charge in [0.2, 0.25) is 0 Å². The Bertz CT molecular complexity index is 902. The molecule has 1 aliphatic rings. The first-order valence-corrected chi connectivity index (χ1v) is 9.71. The molecule has 1 unspecified atom stereocenters. The van der Waals surface area contributed by atoms with Gasteiger partial charge >= 0.3 is 6.09 Å². The van der Waals surface area contributed by atoms with E-state index in [2.05, 4.69) is 10.3 Å². The molecule has 1 amide bonds. The molecular weight excluding hydrogens is 374 g/mol. The van der Waals surface area contributed by atoms with Gasteiger partial charge in [-0.05, 0) is 29.3 Å². The number of thioether (sulfide) groups is 1. The van der Waals surface area contributed by atoms with Crippen molar-refractivity contribution in [3.05, 3.63) is 83.9 Å². The topological polar surface area (TPSA) is 87.7 Å². The standard InChI is InChI=1S/C21H21N3O3S/c1-26-21(25)24-20(28-14-15-7-3-2-4-8-15)23-19-16(9-5-11-18(19)22)13-17-10-6-12-27-17/h2-12,19,22H,13-14H2,1H3,(H,23,24,25). The number of allylic oxidation sites excluding steroid dienone is 2. The molecule has 0 bridgehead atoms. The van der Waals surface area contributed by atoms with E-state index in [1.165, 1.54) is 18.9 Å². The third-order valence-electron chi connectivity index (χ3n) is 4.05. The van der Waals surface area contributed by atoms with E-state index in [0.717, 1.165) is 16.9 Å². The number of hydrogen-bond donors (Lipinski definition) is 2. The van der Waals surface area contributed by atoms with Crippen molar-refractivity contribution in [1.82, 2.24) is 5.32 Å². The fraction of sp³-hybridized carbons (Fsp3) is 0.190. The van der Waals surface area contributed by atoms with Gasteiger partial charge in [-0.2, -0.15) is 0 Å². The number of nitrogens with zero attached hydrogens (tertiary/aromatic N) is 1. The van der Waals surface area contributed by atoms with Crippen LogP contribution in [0.25, 0.3) is 0 Å². The molecule has 1 aromatic heterocycles. The van der Waals surface area contributed by atoms with Gasteiger partial charge in [-0.1, -0.05) is 54.2 Å². The van der Waals surface area contributed by atoms with Gasteiger partial charge in [0.1, 0.15) is 11.8 Å². The van der Waals surface area contributed by atoms with Gasteiger partial charge in [0, 0.05) is 12.2 Å². The third kappa shape index (κ3) is 5.47. The van der Waals surface area contributed by atoms with Crippen molar-refractivity contribution in [3.63, 3.8) is 0 Å². The second-order valence-electron chi connectivity index (χ2n) is 6.04. The number of carbonyl (C=O) groups is 1. The second-order valence-corrected chi connectivity index (χ2v) is 7.00. The number of hydrogen-bond acceptors (Lipinski definition) is 6. The molecule has 6 nitrogen and oxygen atoms in total. The molecule has 3 rings (SSSR count). The van der Waals surface area contributed by atoms with Gasteiger partial charge in [0.15, 0.2) is 5.17 Å². The largest absolute Gasteiger partial charge is 0.469 e. The molecule has 0 fully saturated rings. The predicted molar refractivity (Wildman–Crippen MR) is 112 cm³/mol. The first-order valence-electron chi connectivity index (χ1n) is 8.73. The van der Waals surface area contributed by atoms with Gasteiger partial charge in [-0.15, -0.1) is 0 Å². The minimum Gasteiger partial charge on any atom is -0.469 e. The molecule has 0 spiro atoms. The Balaban J connectivity index is 1.81. The van der Waals surface area contributed by atoms with Crippen LogP contribution in [0.4, 0.5) is 4.79 Å². The van der Waals surface area contributed by atoms with E-state index in [-0.39, 0.29) is 0 Å². The quantitative estimate of drug-likeness (QED) is 0.582. The van der Waals surface area contributed by atoms with Gasteiger partial charge in [-0.25, -0.2) is 9.79 Å². The van der Waals surface area contributed by atoms with Gasteiger partial charge in [0.25, 0.3) is 0 Å². The van der Waals surface area contributed by atoms with Crippen LogP contribution in [0.1, 0.15) is 11.3 Å². The maximum atomic E-state index is 11.8. The molecule has 0 saturated heterocycles. The molecule has 0 radical (unpaired) electrons. The smallest absolute Gasteiger partial charge is 0.412 e. The lowest BCUT2D eigenvalue weighted by molar-refractivity contribution is 0.177. The van der Waals surface area contributed by atoms with Crippen molar-refractivity contribution >= 4 is 28.7 Å². The monoisotopic (exact) mass is 395 g/mol. The summed E-state index contributed by atoms with van der Waals surface area (Å²) in [5.41, 5.74) is 2.39. The fourth-order valence-corrected chi connectivity index (χ4v) is 3.50. The zero-order valence-electron chi connectivity index (χ0n) is 15.4. The Hall–Kier alpha value is -3.06. The average molecular weight is 395 g/mol. The minimum absolute atomic E-state index is 0.355. The lowest BCUT2D eigenvalue weighted by atomic mass is 9.94. The van der Waals surface area contributed by atoms with Crippen LogP contribution >= 0.6 is 11.8 Å². The van der Waals surface area contributed by atoms with Crippen LogP contribution in [0.15, 0.2) is 81.9 Å². The predicted octanol–water partition coefficient (Wildman–Crippen LogP) is 4.35. The number of carbonyl (C=O) groups excluding carboxylic acids is 1. The summed E-state index contributed by atoms with van der Waals surface area (Å²) >= 11 is 1.39. The summed E-state index contributed by atoms with van der Waals surface area (Å²) in [5.74, 6) is 1.44. The summed E-state index contributed by atoms with van der Waals surface area (Å²) in [7, 11) is 1.31. The van der Waals surface area contributed by atoms with Gasteiger partial charge < -0.3 is 14.6 Å². The first-order chi connectivity index (χ1) is 13.7. The summed E-state index contributed by atoms with van der Waals surface area (Å²) in [6, 6.07) is 13.1. The molecule has 1 heterocycles. The number of nitrogens with one attached hydrogen (secondary N) is 2. The normalized spacial score (nSPS) is 16.6. The van der Waals surface area contributed by atoms with Crippen molar-refractivity contribution < 1.29 is 13.9 Å². The molecule has 7 heteroatoms. The van der Waals surface area contributed by atoms with E-state index in [1.54, 1.807) is 12.3 Å². The van der Waals surface area contributed by atoms with Crippen molar-refractivity contribution in [3.8, 4) is 0 Å². The molecule has 1 aromatic carbocycles. The molecule has 144 valence electrons.